The van der Waals surface area contributed by atoms with Gasteiger partial charge in [-0.1, -0.05) is 78.1 Å². The van der Waals surface area contributed by atoms with E-state index in [9.17, 15) is 4.79 Å². The van der Waals surface area contributed by atoms with Crippen LogP contribution in [0.1, 0.15) is 35.4 Å². The topological polar surface area (TPSA) is 45.7 Å². The van der Waals surface area contributed by atoms with Crippen molar-refractivity contribution < 1.29 is 9.53 Å². The van der Waals surface area contributed by atoms with Gasteiger partial charge in [0.2, 0.25) is 5.91 Å². The van der Waals surface area contributed by atoms with E-state index in [0.717, 1.165) is 65.7 Å². The number of hydrogen-bond donors (Lipinski definition) is 0. The molecule has 0 radical (unpaired) electrons. The van der Waals surface area contributed by atoms with Crippen molar-refractivity contribution in [2.45, 2.75) is 25.7 Å². The summed E-state index contributed by atoms with van der Waals surface area (Å²) in [6, 6.07) is 27.0. The van der Waals surface area contributed by atoms with E-state index in [0.29, 0.717) is 13.0 Å². The fraction of sp³-hybridized carbons (Fsp3) is 0.333. The van der Waals surface area contributed by atoms with Crippen molar-refractivity contribution in [2.24, 2.45) is 0 Å². The maximum atomic E-state index is 14.0. The second kappa shape index (κ2) is 13.2. The number of fused-ring (bicyclic) bond motifs is 1. The molecule has 5 rings (SSSR count). The minimum atomic E-state index is -0.00161. The fourth-order valence-electron chi connectivity index (χ4n) is 4.82. The summed E-state index contributed by atoms with van der Waals surface area (Å²) in [4.78, 5) is 23.2. The molecule has 0 aliphatic carbocycles. The van der Waals surface area contributed by atoms with Gasteiger partial charge >= 0.3 is 0 Å². The third kappa shape index (κ3) is 6.96. The SMILES string of the molecule is Cc1ccc2nc(N(CCCN3CCOCC3)C(=O)CC(c3ccccc3)c3ccccc3)sc2c1.Cl. The van der Waals surface area contributed by atoms with Crippen molar-refractivity contribution in [3.63, 3.8) is 0 Å². The second-order valence-corrected chi connectivity index (χ2v) is 10.4. The van der Waals surface area contributed by atoms with E-state index in [1.807, 2.05) is 41.3 Å². The Bertz CT molecular complexity index is 1240. The van der Waals surface area contributed by atoms with Gasteiger partial charge in [-0.3, -0.25) is 14.6 Å². The number of amides is 1. The van der Waals surface area contributed by atoms with Gasteiger partial charge in [0.25, 0.3) is 0 Å². The first-order valence-corrected chi connectivity index (χ1v) is 13.6. The standard InChI is InChI=1S/C30H33N3O2S.ClH/c1-23-13-14-27-28(21-23)36-30(31-27)33(16-8-15-32-17-19-35-20-18-32)29(34)22-26(24-9-4-2-5-10-24)25-11-6-3-7-12-25;/h2-7,9-14,21,26H,8,15-20,22H2,1H3;1H. The van der Waals surface area contributed by atoms with E-state index in [1.54, 1.807) is 11.3 Å². The zero-order chi connectivity index (χ0) is 24.7. The van der Waals surface area contributed by atoms with Gasteiger partial charge < -0.3 is 4.74 Å². The number of ether oxygens (including phenoxy) is 1. The lowest BCUT2D eigenvalue weighted by Crippen LogP contribution is -2.39. The predicted octanol–water partition coefficient (Wildman–Crippen LogP) is 6.30. The van der Waals surface area contributed by atoms with Crippen LogP contribution in [-0.2, 0) is 9.53 Å². The van der Waals surface area contributed by atoms with Gasteiger partial charge in [0.1, 0.15) is 0 Å². The molecule has 7 heteroatoms. The van der Waals surface area contributed by atoms with Gasteiger partial charge in [-0.25, -0.2) is 4.98 Å². The van der Waals surface area contributed by atoms with Crippen LogP contribution in [0.3, 0.4) is 0 Å². The number of carbonyl (C=O) groups is 1. The molecule has 5 nitrogen and oxygen atoms in total. The number of aryl methyl sites for hydroxylation is 1. The van der Waals surface area contributed by atoms with Crippen LogP contribution in [0.25, 0.3) is 10.2 Å². The van der Waals surface area contributed by atoms with Crippen molar-refractivity contribution in [3.8, 4) is 0 Å². The summed E-state index contributed by atoms with van der Waals surface area (Å²) in [6.07, 6.45) is 1.31. The third-order valence-electron chi connectivity index (χ3n) is 6.81. The number of benzene rings is 3. The van der Waals surface area contributed by atoms with Gasteiger partial charge in [-0.05, 0) is 42.2 Å². The van der Waals surface area contributed by atoms with Crippen LogP contribution >= 0.6 is 23.7 Å². The molecule has 1 saturated heterocycles. The number of halogens is 1. The van der Waals surface area contributed by atoms with Crippen LogP contribution in [0.4, 0.5) is 5.13 Å². The largest absolute Gasteiger partial charge is 0.379 e. The van der Waals surface area contributed by atoms with E-state index in [4.69, 9.17) is 9.72 Å². The Kier molecular flexibility index (Phi) is 9.69. The van der Waals surface area contributed by atoms with Gasteiger partial charge in [0.05, 0.1) is 23.4 Å². The van der Waals surface area contributed by atoms with E-state index < -0.39 is 0 Å². The minimum Gasteiger partial charge on any atom is -0.379 e. The molecule has 1 fully saturated rings. The highest BCUT2D eigenvalue weighted by Crippen LogP contribution is 2.33. The van der Waals surface area contributed by atoms with E-state index in [1.165, 1.54) is 5.56 Å². The average Bonchev–Trinajstić information content (AvgIpc) is 3.34. The first-order chi connectivity index (χ1) is 17.7. The summed E-state index contributed by atoms with van der Waals surface area (Å²) >= 11 is 1.61. The molecule has 0 N–H and O–H groups in total. The molecule has 0 saturated carbocycles. The van der Waals surface area contributed by atoms with Crippen LogP contribution in [0.15, 0.2) is 78.9 Å². The molecule has 2 heterocycles. The smallest absolute Gasteiger partial charge is 0.229 e. The van der Waals surface area contributed by atoms with Gasteiger partial charge in [0.15, 0.2) is 5.13 Å². The summed E-state index contributed by atoms with van der Waals surface area (Å²) in [5, 5.41) is 0.794. The normalized spacial score (nSPS) is 14.0. The summed E-state index contributed by atoms with van der Waals surface area (Å²) < 4.78 is 6.62. The summed E-state index contributed by atoms with van der Waals surface area (Å²) in [6.45, 7) is 7.19. The molecule has 4 aromatic rings. The molecule has 0 bridgehead atoms. The van der Waals surface area contributed by atoms with Crippen molar-refractivity contribution in [1.29, 1.82) is 0 Å². The van der Waals surface area contributed by atoms with Crippen LogP contribution in [0.5, 0.6) is 0 Å². The lowest BCUT2D eigenvalue weighted by molar-refractivity contribution is -0.118. The number of rotatable bonds is 9. The van der Waals surface area contributed by atoms with Crippen molar-refractivity contribution >= 4 is 45.0 Å². The van der Waals surface area contributed by atoms with Crippen LogP contribution in [-0.4, -0.2) is 55.2 Å². The molecule has 0 atom stereocenters. The number of aromatic nitrogens is 1. The monoisotopic (exact) mass is 535 g/mol. The highest BCUT2D eigenvalue weighted by Gasteiger charge is 2.25. The Morgan fingerprint density at radius 2 is 1.65 bits per heavy atom. The maximum absolute atomic E-state index is 14.0. The van der Waals surface area contributed by atoms with Crippen molar-refractivity contribution in [1.82, 2.24) is 9.88 Å². The minimum absolute atomic E-state index is 0. The van der Waals surface area contributed by atoms with E-state index in [-0.39, 0.29) is 24.2 Å². The lowest BCUT2D eigenvalue weighted by Gasteiger charge is -2.28. The van der Waals surface area contributed by atoms with Crippen LogP contribution < -0.4 is 4.90 Å². The molecular formula is C30H34ClN3O2S. The molecule has 0 unspecified atom stereocenters. The van der Waals surface area contributed by atoms with E-state index >= 15 is 0 Å². The first kappa shape index (κ1) is 27.3. The molecule has 1 aliphatic rings. The van der Waals surface area contributed by atoms with Gasteiger partial charge in [0, 0.05) is 38.5 Å². The van der Waals surface area contributed by atoms with Crippen LogP contribution in [0.2, 0.25) is 0 Å². The quantitative estimate of drug-likeness (QED) is 0.252. The molecule has 0 spiro atoms. The Morgan fingerprint density at radius 1 is 1.00 bits per heavy atom. The van der Waals surface area contributed by atoms with Gasteiger partial charge in [-0.2, -0.15) is 0 Å². The highest BCUT2D eigenvalue weighted by atomic mass is 35.5. The number of nitrogens with zero attached hydrogens (tertiary/aromatic N) is 3. The average molecular weight is 536 g/mol. The molecule has 1 aromatic heterocycles. The number of thiazole rings is 1. The van der Waals surface area contributed by atoms with Crippen LogP contribution in [0, 0.1) is 6.92 Å². The molecule has 37 heavy (non-hydrogen) atoms. The Morgan fingerprint density at radius 3 is 2.30 bits per heavy atom. The van der Waals surface area contributed by atoms with Crippen molar-refractivity contribution in [2.75, 3.05) is 44.3 Å². The van der Waals surface area contributed by atoms with E-state index in [2.05, 4.69) is 54.3 Å². The first-order valence-electron chi connectivity index (χ1n) is 12.7. The molecule has 194 valence electrons. The predicted molar refractivity (Wildman–Crippen MR) is 155 cm³/mol. The Balaban J connectivity index is 0.00000320. The fourth-order valence-corrected chi connectivity index (χ4v) is 5.93. The summed E-state index contributed by atoms with van der Waals surface area (Å²) in [5.41, 5.74) is 4.47. The molecule has 3 aromatic carbocycles. The summed E-state index contributed by atoms with van der Waals surface area (Å²) in [7, 11) is 0. The number of carbonyl (C=O) groups excluding carboxylic acids is 1. The van der Waals surface area contributed by atoms with Gasteiger partial charge in [-0.15, -0.1) is 12.4 Å². The highest BCUT2D eigenvalue weighted by molar-refractivity contribution is 7.22. The number of anilines is 1. The summed E-state index contributed by atoms with van der Waals surface area (Å²) in [5.74, 6) is 0.115. The second-order valence-electron chi connectivity index (χ2n) is 9.40. The Hall–Kier alpha value is -2.77. The lowest BCUT2D eigenvalue weighted by atomic mass is 9.88. The zero-order valence-electron chi connectivity index (χ0n) is 21.2. The van der Waals surface area contributed by atoms with Crippen molar-refractivity contribution in [3.05, 3.63) is 95.6 Å². The number of morpholine rings is 1. The molecule has 1 amide bonds. The molecular weight excluding hydrogens is 502 g/mol. The maximum Gasteiger partial charge on any atom is 0.229 e. The third-order valence-corrected chi connectivity index (χ3v) is 7.85. The number of hydrogen-bond acceptors (Lipinski definition) is 5. The Labute approximate surface area is 229 Å². The molecule has 1 aliphatic heterocycles. The zero-order valence-corrected chi connectivity index (χ0v) is 22.8.